The maximum absolute atomic E-state index is 14.0. The number of carbonyl (C=O) groups excluding carboxylic acids is 2. The lowest BCUT2D eigenvalue weighted by molar-refractivity contribution is -0.123. The van der Waals surface area contributed by atoms with Gasteiger partial charge in [0, 0.05) is 16.4 Å². The van der Waals surface area contributed by atoms with E-state index in [1.807, 2.05) is 13.8 Å². The van der Waals surface area contributed by atoms with Gasteiger partial charge in [-0.05, 0) is 37.1 Å². The number of ether oxygens (including phenoxy) is 1. The first-order valence-electron chi connectivity index (χ1n) is 9.64. The topological polar surface area (TPSA) is 90.3 Å². The monoisotopic (exact) mass is 489 g/mol. The van der Waals surface area contributed by atoms with Crippen molar-refractivity contribution >= 4 is 44.3 Å². The van der Waals surface area contributed by atoms with Gasteiger partial charge in [0.25, 0.3) is 11.5 Å². The summed E-state index contributed by atoms with van der Waals surface area (Å²) in [4.78, 5) is 37.9. The molecule has 31 heavy (non-hydrogen) atoms. The molecule has 1 amide bonds. The molecule has 1 unspecified atom stereocenters. The number of rotatable bonds is 6. The summed E-state index contributed by atoms with van der Waals surface area (Å²) >= 11 is 3.14. The van der Waals surface area contributed by atoms with Crippen LogP contribution in [-0.2, 0) is 16.1 Å². The van der Waals surface area contributed by atoms with E-state index in [0.29, 0.717) is 21.8 Å². The van der Waals surface area contributed by atoms with Gasteiger partial charge in [0.1, 0.15) is 5.82 Å². The first-order chi connectivity index (χ1) is 14.7. The summed E-state index contributed by atoms with van der Waals surface area (Å²) in [5.41, 5.74) is -0.409. The van der Waals surface area contributed by atoms with Gasteiger partial charge in [0.05, 0.1) is 11.1 Å². The van der Waals surface area contributed by atoms with Crippen molar-refractivity contribution in [1.82, 2.24) is 9.78 Å². The van der Waals surface area contributed by atoms with Gasteiger partial charge in [-0.1, -0.05) is 48.0 Å². The predicted molar refractivity (Wildman–Crippen MR) is 118 cm³/mol. The number of nitrogens with one attached hydrogen (secondary N) is 1. The molecule has 0 fully saturated rings. The maximum atomic E-state index is 14.0. The molecule has 0 saturated carbocycles. The third-order valence-electron chi connectivity index (χ3n) is 4.44. The predicted octanol–water partition coefficient (Wildman–Crippen LogP) is 4.14. The Kier molecular flexibility index (Phi) is 6.84. The number of carbonyl (C=O) groups is 2. The standard InChI is InChI=1S/C22H21BrFN3O4/c1-12(2)11-27-21(29)16-7-5-4-6-15(16)19(26-27)22(30)31-13(3)20(28)25-18-9-8-14(23)10-17(18)24/h4-10,12-13H,11H2,1-3H3,(H,25,28). The molecule has 0 spiro atoms. The molecule has 2 aromatic carbocycles. The Hall–Kier alpha value is -3.07. The van der Waals surface area contributed by atoms with E-state index >= 15 is 0 Å². The molecule has 0 aliphatic carbocycles. The highest BCUT2D eigenvalue weighted by Crippen LogP contribution is 2.20. The number of amides is 1. The molecule has 7 nitrogen and oxygen atoms in total. The zero-order chi connectivity index (χ0) is 22.7. The quantitative estimate of drug-likeness (QED) is 0.525. The Morgan fingerprint density at radius 3 is 2.48 bits per heavy atom. The molecule has 0 bridgehead atoms. The second-order valence-electron chi connectivity index (χ2n) is 7.44. The van der Waals surface area contributed by atoms with Gasteiger partial charge in [-0.25, -0.2) is 13.9 Å². The molecule has 3 aromatic rings. The minimum atomic E-state index is -1.22. The number of hydrogen-bond acceptors (Lipinski definition) is 5. The largest absolute Gasteiger partial charge is 0.448 e. The fourth-order valence-electron chi connectivity index (χ4n) is 2.95. The van der Waals surface area contributed by atoms with Gasteiger partial charge in [-0.3, -0.25) is 9.59 Å². The van der Waals surface area contributed by atoms with Crippen molar-refractivity contribution in [3.63, 3.8) is 0 Å². The van der Waals surface area contributed by atoms with Crippen LogP contribution in [0.2, 0.25) is 0 Å². The molecule has 1 atom stereocenters. The van der Waals surface area contributed by atoms with Crippen molar-refractivity contribution in [2.75, 3.05) is 5.32 Å². The first kappa shape index (κ1) is 22.6. The number of aromatic nitrogens is 2. The van der Waals surface area contributed by atoms with E-state index in [1.54, 1.807) is 30.3 Å². The van der Waals surface area contributed by atoms with E-state index in [1.165, 1.54) is 23.7 Å². The average Bonchev–Trinajstić information content (AvgIpc) is 2.71. The van der Waals surface area contributed by atoms with Crippen LogP contribution in [0.15, 0.2) is 51.7 Å². The second kappa shape index (κ2) is 9.38. The van der Waals surface area contributed by atoms with Crippen LogP contribution in [0.3, 0.4) is 0 Å². The zero-order valence-electron chi connectivity index (χ0n) is 17.2. The fraction of sp³-hybridized carbons (Fsp3) is 0.273. The SMILES string of the molecule is CC(C)Cn1nc(C(=O)OC(C)C(=O)Nc2ccc(Br)cc2F)c2ccccc2c1=O. The molecule has 1 aromatic heterocycles. The normalized spacial score (nSPS) is 12.1. The highest BCUT2D eigenvalue weighted by molar-refractivity contribution is 9.10. The van der Waals surface area contributed by atoms with Crippen LogP contribution in [0, 0.1) is 11.7 Å². The maximum Gasteiger partial charge on any atom is 0.360 e. The van der Waals surface area contributed by atoms with Gasteiger partial charge >= 0.3 is 5.97 Å². The molecule has 1 N–H and O–H groups in total. The highest BCUT2D eigenvalue weighted by atomic mass is 79.9. The van der Waals surface area contributed by atoms with Crippen molar-refractivity contribution < 1.29 is 18.7 Å². The van der Waals surface area contributed by atoms with Gasteiger partial charge in [-0.2, -0.15) is 5.10 Å². The summed E-state index contributed by atoms with van der Waals surface area (Å²) in [7, 11) is 0. The minimum Gasteiger partial charge on any atom is -0.448 e. The Labute approximate surface area is 186 Å². The van der Waals surface area contributed by atoms with E-state index < -0.39 is 23.8 Å². The van der Waals surface area contributed by atoms with E-state index in [2.05, 4.69) is 26.3 Å². The molecule has 0 radical (unpaired) electrons. The Bertz CT molecular complexity index is 1210. The van der Waals surface area contributed by atoms with Crippen LogP contribution >= 0.6 is 15.9 Å². The molecule has 0 aliphatic rings. The summed E-state index contributed by atoms with van der Waals surface area (Å²) in [6.07, 6.45) is -1.22. The van der Waals surface area contributed by atoms with Crippen LogP contribution in [0.25, 0.3) is 10.8 Å². The van der Waals surface area contributed by atoms with Gasteiger partial charge in [0.15, 0.2) is 11.8 Å². The number of hydrogen-bond donors (Lipinski definition) is 1. The molecular weight excluding hydrogens is 469 g/mol. The second-order valence-corrected chi connectivity index (χ2v) is 8.35. The fourth-order valence-corrected chi connectivity index (χ4v) is 3.28. The number of anilines is 1. The van der Waals surface area contributed by atoms with Crippen LogP contribution in [0.5, 0.6) is 0 Å². The Morgan fingerprint density at radius 1 is 1.16 bits per heavy atom. The van der Waals surface area contributed by atoms with Crippen LogP contribution in [0.1, 0.15) is 31.3 Å². The van der Waals surface area contributed by atoms with Crippen LogP contribution in [0.4, 0.5) is 10.1 Å². The lowest BCUT2D eigenvalue weighted by Gasteiger charge is -2.16. The van der Waals surface area contributed by atoms with Crippen molar-refractivity contribution in [1.29, 1.82) is 0 Å². The van der Waals surface area contributed by atoms with Crippen LogP contribution in [-0.4, -0.2) is 27.8 Å². The Morgan fingerprint density at radius 2 is 1.84 bits per heavy atom. The number of fused-ring (bicyclic) bond motifs is 1. The summed E-state index contributed by atoms with van der Waals surface area (Å²) < 4.78 is 21.0. The van der Waals surface area contributed by atoms with E-state index in [-0.39, 0.29) is 22.9 Å². The first-order valence-corrected chi connectivity index (χ1v) is 10.4. The van der Waals surface area contributed by atoms with Crippen molar-refractivity contribution in [2.24, 2.45) is 5.92 Å². The highest BCUT2D eigenvalue weighted by Gasteiger charge is 2.24. The molecule has 9 heteroatoms. The molecule has 0 aliphatic heterocycles. The lowest BCUT2D eigenvalue weighted by atomic mass is 10.1. The number of esters is 1. The van der Waals surface area contributed by atoms with Crippen molar-refractivity contribution in [3.8, 4) is 0 Å². The summed E-state index contributed by atoms with van der Waals surface area (Å²) in [6, 6.07) is 10.8. The third-order valence-corrected chi connectivity index (χ3v) is 4.93. The minimum absolute atomic E-state index is 0.0369. The summed E-state index contributed by atoms with van der Waals surface area (Å²) in [6.45, 7) is 5.54. The number of benzene rings is 2. The van der Waals surface area contributed by atoms with E-state index in [4.69, 9.17) is 4.74 Å². The van der Waals surface area contributed by atoms with Gasteiger partial charge in [-0.15, -0.1) is 0 Å². The van der Waals surface area contributed by atoms with E-state index in [0.717, 1.165) is 0 Å². The molecule has 3 rings (SSSR count). The summed E-state index contributed by atoms with van der Waals surface area (Å²) in [5, 5.41) is 7.25. The van der Waals surface area contributed by atoms with Crippen LogP contribution < -0.4 is 10.9 Å². The Balaban J connectivity index is 1.86. The van der Waals surface area contributed by atoms with Gasteiger partial charge in [0.2, 0.25) is 0 Å². The molecular formula is C22H21BrFN3O4. The molecule has 0 saturated heterocycles. The number of halogens is 2. The number of nitrogens with zero attached hydrogens (tertiary/aromatic N) is 2. The van der Waals surface area contributed by atoms with Crippen molar-refractivity contribution in [3.05, 3.63) is 68.8 Å². The average molecular weight is 490 g/mol. The molecule has 1 heterocycles. The third kappa shape index (κ3) is 5.16. The summed E-state index contributed by atoms with van der Waals surface area (Å²) in [5.74, 6) is -2.06. The van der Waals surface area contributed by atoms with Crippen molar-refractivity contribution in [2.45, 2.75) is 33.4 Å². The van der Waals surface area contributed by atoms with E-state index in [9.17, 15) is 18.8 Å². The van der Waals surface area contributed by atoms with Gasteiger partial charge < -0.3 is 10.1 Å². The zero-order valence-corrected chi connectivity index (χ0v) is 18.8. The lowest BCUT2D eigenvalue weighted by Crippen LogP contribution is -2.32. The smallest absolute Gasteiger partial charge is 0.360 e. The molecule has 162 valence electrons.